The molecule has 1 amide bonds. The van der Waals surface area contributed by atoms with Gasteiger partial charge in [0.15, 0.2) is 22.9 Å². The van der Waals surface area contributed by atoms with Crippen molar-refractivity contribution in [3.63, 3.8) is 0 Å². The minimum Gasteiger partial charge on any atom is -0.384 e. The van der Waals surface area contributed by atoms with Crippen molar-refractivity contribution in [2.75, 3.05) is 73.6 Å². The third-order valence-corrected chi connectivity index (χ3v) is 14.2. The van der Waals surface area contributed by atoms with E-state index < -0.39 is 5.82 Å². The first-order valence-electron chi connectivity index (χ1n) is 27.3. The molecule has 0 fully saturated rings. The average molecular weight is 1110 g/mol. The van der Waals surface area contributed by atoms with Crippen LogP contribution in [0.15, 0.2) is 134 Å². The van der Waals surface area contributed by atoms with Crippen LogP contribution in [0.25, 0.3) is 112 Å². The van der Waals surface area contributed by atoms with Gasteiger partial charge in [-0.05, 0) is 112 Å². The highest BCUT2D eigenvalue weighted by Crippen LogP contribution is 2.37. The van der Waals surface area contributed by atoms with Crippen molar-refractivity contribution in [3.05, 3.63) is 146 Å². The summed E-state index contributed by atoms with van der Waals surface area (Å²) in [7, 11) is 5.88. The molecule has 0 unspecified atom stereocenters. The maximum absolute atomic E-state index is 15.8. The fourth-order valence-corrected chi connectivity index (χ4v) is 10.1. The highest BCUT2D eigenvalue weighted by molar-refractivity contribution is 6.00. The fraction of sp³-hybridized carbons (Fsp3) is 0.210. The quantitative estimate of drug-likeness (QED) is 0.0400. The van der Waals surface area contributed by atoms with E-state index in [1.54, 1.807) is 35.8 Å². The lowest BCUT2D eigenvalue weighted by Gasteiger charge is -2.20. The smallest absolute Gasteiger partial charge is 0.226 e. The molecule has 0 aliphatic heterocycles. The molecule has 4 aromatic carbocycles. The highest BCUT2D eigenvalue weighted by Gasteiger charge is 2.23. The van der Waals surface area contributed by atoms with E-state index in [4.69, 9.17) is 20.1 Å². The predicted octanol–water partition coefficient (Wildman–Crippen LogP) is 11.6. The SMILES string of the molecule is CC(C)Nc1cncc(-c2cnc3n[nH]c(-c4nc5c(-c6cc(F)cc(NCCN(C)n7nc(-c8nc9c(-c%10cc(F)cc(NCCN(C)C)c%10)cccc9[nH]8)c8cc(-c9cncc(NC(=O)C(C)C)c9)cnc87)c6)cccc5[nH]4)c3c2)c1. The Morgan fingerprint density at radius 3 is 1.82 bits per heavy atom. The molecule has 12 aromatic rings. The number of aromatic amines is 3. The fourth-order valence-electron chi connectivity index (χ4n) is 10.1. The first kappa shape index (κ1) is 53.5. The first-order valence-corrected chi connectivity index (χ1v) is 27.3. The van der Waals surface area contributed by atoms with Gasteiger partial charge in [0.25, 0.3) is 0 Å². The molecule has 0 bridgehead atoms. The van der Waals surface area contributed by atoms with Crippen LogP contribution in [0.4, 0.5) is 31.5 Å². The average Bonchev–Trinajstić information content (AvgIpc) is 4.40. The Kier molecular flexibility index (Phi) is 14.4. The number of fused-ring (bicyclic) bond motifs is 4. The second-order valence-electron chi connectivity index (χ2n) is 21.5. The minimum atomic E-state index is -0.416. The zero-order valence-electron chi connectivity index (χ0n) is 46.8. The largest absolute Gasteiger partial charge is 0.384 e. The number of anilines is 4. The van der Waals surface area contributed by atoms with Crippen LogP contribution in [0.2, 0.25) is 0 Å². The van der Waals surface area contributed by atoms with Crippen molar-refractivity contribution in [1.29, 1.82) is 0 Å². The molecule has 12 rings (SSSR count). The Morgan fingerprint density at radius 2 is 1.18 bits per heavy atom. The predicted molar refractivity (Wildman–Crippen MR) is 326 cm³/mol. The second kappa shape index (κ2) is 22.4. The van der Waals surface area contributed by atoms with Gasteiger partial charge in [-0.1, -0.05) is 38.1 Å². The summed E-state index contributed by atoms with van der Waals surface area (Å²) >= 11 is 0. The first-order chi connectivity index (χ1) is 40.2. The molecule has 83 heavy (non-hydrogen) atoms. The third kappa shape index (κ3) is 11.2. The molecular formula is C62H60F2N18O. The maximum atomic E-state index is 15.8. The zero-order chi connectivity index (χ0) is 57.5. The topological polar surface area (TPSA) is 227 Å². The van der Waals surface area contributed by atoms with E-state index in [-0.39, 0.29) is 23.7 Å². The number of halogens is 2. The lowest BCUT2D eigenvalue weighted by molar-refractivity contribution is -0.118. The van der Waals surface area contributed by atoms with Crippen molar-refractivity contribution in [2.24, 2.45) is 5.92 Å². The van der Waals surface area contributed by atoms with Crippen LogP contribution in [-0.4, -0.2) is 124 Å². The molecule has 0 spiro atoms. The Labute approximate surface area is 476 Å². The molecule has 0 aliphatic carbocycles. The number of likely N-dealkylation sites (N-methyl/N-ethyl adjacent to an activating group) is 2. The molecule has 418 valence electrons. The number of pyridine rings is 4. The number of carbonyl (C=O) groups excluding carboxylic acids is 1. The Morgan fingerprint density at radius 1 is 0.614 bits per heavy atom. The number of aromatic nitrogens is 12. The number of carbonyl (C=O) groups is 1. The maximum Gasteiger partial charge on any atom is 0.226 e. The van der Waals surface area contributed by atoms with Gasteiger partial charge < -0.3 is 36.1 Å². The summed E-state index contributed by atoms with van der Waals surface area (Å²) in [5.74, 6) is -0.0905. The number of nitrogens with one attached hydrogen (secondary N) is 7. The number of amides is 1. The Hall–Kier alpha value is -10.2. The van der Waals surface area contributed by atoms with Crippen molar-refractivity contribution >= 4 is 72.8 Å². The van der Waals surface area contributed by atoms with Gasteiger partial charge >= 0.3 is 0 Å². The minimum absolute atomic E-state index is 0.124. The normalized spacial score (nSPS) is 11.8. The van der Waals surface area contributed by atoms with E-state index >= 15 is 8.78 Å². The standard InChI is InChI=1S/C62H60F2N18O/c1-34(2)62(83)72-47-23-39(29-66-33-47)41-25-51-57(60-74-53-13-9-11-49(55(53)76-60)36-18-42(63)26-44(20-36)67-14-16-80(5)6)79-82(61(51)70-31-41)81(7)17-15-68-45-21-37(19-43(64)27-45)48-10-8-12-52-54(48)75-59(73-52)56-50-24-40(30-69-58(50)78-77-56)38-22-46(32-65-28-38)71-35(3)4/h8-13,18-35,67-68,71H,14-17H2,1-7H3,(H,72,83)(H,73,75)(H,74,76)(H,69,77,78). The van der Waals surface area contributed by atoms with E-state index in [9.17, 15) is 4.79 Å². The molecule has 0 saturated carbocycles. The summed E-state index contributed by atoms with van der Waals surface area (Å²) in [5, 5.41) is 29.3. The molecule has 8 aromatic heterocycles. The molecule has 8 heterocycles. The molecule has 21 heteroatoms. The van der Waals surface area contributed by atoms with E-state index in [0.29, 0.717) is 98.6 Å². The van der Waals surface area contributed by atoms with Gasteiger partial charge in [0, 0.05) is 114 Å². The number of para-hydroxylation sites is 2. The van der Waals surface area contributed by atoms with E-state index in [2.05, 4.69) is 75.1 Å². The van der Waals surface area contributed by atoms with Crippen LogP contribution >= 0.6 is 0 Å². The van der Waals surface area contributed by atoms with Gasteiger partial charge in [-0.15, -0.1) is 5.10 Å². The number of H-pyrrole nitrogens is 3. The van der Waals surface area contributed by atoms with Gasteiger partial charge in [0.1, 0.15) is 23.0 Å². The van der Waals surface area contributed by atoms with Gasteiger partial charge in [-0.25, -0.2) is 28.7 Å². The number of hydrogen-bond acceptors (Lipinski definition) is 14. The van der Waals surface area contributed by atoms with E-state index in [0.717, 1.165) is 62.0 Å². The molecule has 0 radical (unpaired) electrons. The summed E-state index contributed by atoms with van der Waals surface area (Å²) < 4.78 is 31.0. The summed E-state index contributed by atoms with van der Waals surface area (Å²) in [5.41, 5.74) is 13.8. The number of imidazole rings is 2. The Bertz CT molecular complexity index is 4390. The number of hydrogen-bond donors (Lipinski definition) is 7. The molecule has 0 aliphatic rings. The summed E-state index contributed by atoms with van der Waals surface area (Å²) in [6.45, 7) is 10.0. The van der Waals surface area contributed by atoms with Crippen LogP contribution in [0.3, 0.4) is 0 Å². The summed E-state index contributed by atoms with van der Waals surface area (Å²) in [6, 6.07) is 29.5. The van der Waals surface area contributed by atoms with Gasteiger partial charge in [-0.2, -0.15) is 9.89 Å². The second-order valence-corrected chi connectivity index (χ2v) is 21.5. The number of nitrogens with zero attached hydrogens (tertiary/aromatic N) is 11. The molecule has 19 nitrogen and oxygen atoms in total. The number of rotatable bonds is 19. The van der Waals surface area contributed by atoms with Gasteiger partial charge in [-0.3, -0.25) is 24.9 Å². The van der Waals surface area contributed by atoms with Crippen molar-refractivity contribution in [2.45, 2.75) is 33.7 Å². The Balaban J connectivity index is 0.831. The van der Waals surface area contributed by atoms with Gasteiger partial charge in [0.05, 0.1) is 57.0 Å². The number of benzene rings is 4. The van der Waals surface area contributed by atoms with Crippen LogP contribution in [0.5, 0.6) is 0 Å². The van der Waals surface area contributed by atoms with Crippen LogP contribution in [0, 0.1) is 17.6 Å². The van der Waals surface area contributed by atoms with E-state index in [1.807, 2.05) is 119 Å². The lowest BCUT2D eigenvalue weighted by Crippen LogP contribution is -2.35. The van der Waals surface area contributed by atoms with Crippen molar-refractivity contribution in [1.82, 2.24) is 64.9 Å². The molecular weight excluding hydrogens is 1050 g/mol. The third-order valence-electron chi connectivity index (χ3n) is 14.2. The molecule has 7 N–H and O–H groups in total. The molecule has 0 saturated heterocycles. The van der Waals surface area contributed by atoms with Crippen molar-refractivity contribution in [3.8, 4) is 67.5 Å². The van der Waals surface area contributed by atoms with E-state index in [1.165, 1.54) is 24.3 Å². The van der Waals surface area contributed by atoms with Crippen LogP contribution in [-0.2, 0) is 4.79 Å². The summed E-state index contributed by atoms with van der Waals surface area (Å²) in [4.78, 5) is 52.2. The highest BCUT2D eigenvalue weighted by atomic mass is 19.1. The van der Waals surface area contributed by atoms with Gasteiger partial charge in [0.2, 0.25) is 5.91 Å². The zero-order valence-corrected chi connectivity index (χ0v) is 46.8. The summed E-state index contributed by atoms with van der Waals surface area (Å²) in [6.07, 6.45) is 10.5. The lowest BCUT2D eigenvalue weighted by atomic mass is 10.0. The van der Waals surface area contributed by atoms with Crippen LogP contribution in [0.1, 0.15) is 27.7 Å². The van der Waals surface area contributed by atoms with Crippen molar-refractivity contribution < 1.29 is 13.6 Å². The monoisotopic (exact) mass is 1110 g/mol. The molecule has 0 atom stereocenters. The van der Waals surface area contributed by atoms with Crippen LogP contribution < -0.4 is 26.3 Å².